The van der Waals surface area contributed by atoms with Gasteiger partial charge >= 0.3 is 0 Å². The van der Waals surface area contributed by atoms with Gasteiger partial charge in [0, 0.05) is 36.0 Å². The van der Waals surface area contributed by atoms with Crippen molar-refractivity contribution in [3.63, 3.8) is 0 Å². The summed E-state index contributed by atoms with van der Waals surface area (Å²) in [7, 11) is 3.45. The van der Waals surface area contributed by atoms with E-state index in [2.05, 4.69) is 96.7 Å². The lowest BCUT2D eigenvalue weighted by molar-refractivity contribution is 1.05. The molecule has 0 bridgehead atoms. The van der Waals surface area contributed by atoms with Gasteiger partial charge in [-0.1, -0.05) is 54.6 Å². The Morgan fingerprint density at radius 3 is 2.50 bits per heavy atom. The van der Waals surface area contributed by atoms with E-state index in [0.29, 0.717) is 0 Å². The highest BCUT2D eigenvalue weighted by molar-refractivity contribution is 7.72. The van der Waals surface area contributed by atoms with Gasteiger partial charge in [0.1, 0.15) is 5.84 Å². The normalized spacial score (nSPS) is 17.2. The Labute approximate surface area is 155 Å². The zero-order valence-corrected chi connectivity index (χ0v) is 15.8. The highest BCUT2D eigenvalue weighted by Crippen LogP contribution is 2.46. The van der Waals surface area contributed by atoms with Gasteiger partial charge in [0.05, 0.1) is 20.3 Å². The van der Waals surface area contributed by atoms with E-state index in [1.165, 1.54) is 33.1 Å². The van der Waals surface area contributed by atoms with E-state index in [-0.39, 0.29) is 0 Å². The predicted octanol–water partition coefficient (Wildman–Crippen LogP) is 3.88. The Balaban J connectivity index is 1.73. The van der Waals surface area contributed by atoms with Crippen molar-refractivity contribution >= 4 is 35.9 Å². The molecule has 2 heterocycles. The quantitative estimate of drug-likeness (QED) is 0.648. The Kier molecular flexibility index (Phi) is 3.58. The lowest BCUT2D eigenvalue weighted by Crippen LogP contribution is -2.33. The zero-order chi connectivity index (χ0) is 17.7. The van der Waals surface area contributed by atoms with Gasteiger partial charge < -0.3 is 9.80 Å². The molecule has 26 heavy (non-hydrogen) atoms. The van der Waals surface area contributed by atoms with Gasteiger partial charge in [-0.15, -0.1) is 0 Å². The van der Waals surface area contributed by atoms with Gasteiger partial charge in [-0.25, -0.2) is 4.76 Å². The van der Waals surface area contributed by atoms with Crippen molar-refractivity contribution in [3.8, 4) is 0 Å². The molecule has 0 aromatic heterocycles. The molecule has 5 rings (SSSR count). The van der Waals surface area contributed by atoms with Crippen LogP contribution in [0.25, 0.3) is 0 Å². The van der Waals surface area contributed by atoms with Gasteiger partial charge in [0.2, 0.25) is 0 Å². The van der Waals surface area contributed by atoms with Crippen LogP contribution in [-0.2, 0) is 6.54 Å². The number of benzene rings is 3. The summed E-state index contributed by atoms with van der Waals surface area (Å²) in [5.74, 6) is 1.12. The molecule has 0 saturated heterocycles. The second-order valence-corrected chi connectivity index (χ2v) is 8.70. The molecule has 0 N–H and O–H groups in total. The third kappa shape index (κ3) is 2.35. The first kappa shape index (κ1) is 15.6. The minimum atomic E-state index is -0.743. The number of hydrogen-bond donors (Lipinski definition) is 0. The summed E-state index contributed by atoms with van der Waals surface area (Å²) < 4.78 is 5.27. The van der Waals surface area contributed by atoms with Gasteiger partial charge in [0.25, 0.3) is 0 Å². The molecule has 0 amide bonds. The monoisotopic (exact) mass is 357 g/mol. The SMILES string of the molecule is CN(C)c1ccc2c(c1)N1Cc3ccccc3C1=NP2c1ccccc1. The van der Waals surface area contributed by atoms with E-state index in [0.717, 1.165) is 12.4 Å². The number of fused-ring (bicyclic) bond motifs is 5. The number of hydrogen-bond acceptors (Lipinski definition) is 3. The summed E-state index contributed by atoms with van der Waals surface area (Å²) in [4.78, 5) is 4.55. The molecule has 2 aliphatic heterocycles. The lowest BCUT2D eigenvalue weighted by atomic mass is 10.1. The van der Waals surface area contributed by atoms with Crippen LogP contribution in [0.1, 0.15) is 11.1 Å². The third-order valence-electron chi connectivity index (χ3n) is 5.03. The maximum atomic E-state index is 5.27. The van der Waals surface area contributed by atoms with Gasteiger partial charge in [-0.3, -0.25) is 0 Å². The largest absolute Gasteiger partial charge is 0.378 e. The van der Waals surface area contributed by atoms with Crippen LogP contribution in [0.2, 0.25) is 0 Å². The summed E-state index contributed by atoms with van der Waals surface area (Å²) in [6, 6.07) is 26.2. The lowest BCUT2D eigenvalue weighted by Gasteiger charge is -2.32. The molecule has 1 atom stereocenters. The third-order valence-corrected chi connectivity index (χ3v) is 7.04. The first-order valence-corrected chi connectivity index (χ1v) is 10.1. The van der Waals surface area contributed by atoms with Crippen LogP contribution in [0, 0.1) is 0 Å². The molecule has 0 radical (unpaired) electrons. The minimum Gasteiger partial charge on any atom is -0.378 e. The molecule has 0 fully saturated rings. The topological polar surface area (TPSA) is 18.8 Å². The Hall–Kier alpha value is -2.64. The van der Waals surface area contributed by atoms with E-state index in [9.17, 15) is 0 Å². The van der Waals surface area contributed by atoms with Crippen LogP contribution in [0.4, 0.5) is 11.4 Å². The fourth-order valence-corrected chi connectivity index (χ4v) is 5.65. The second kappa shape index (κ2) is 5.96. The number of amidine groups is 1. The van der Waals surface area contributed by atoms with E-state index >= 15 is 0 Å². The summed E-state index contributed by atoms with van der Waals surface area (Å²) in [6.45, 7) is 0.900. The molecule has 2 aliphatic rings. The minimum absolute atomic E-state index is 0.743. The molecule has 1 unspecified atom stereocenters. The summed E-state index contributed by atoms with van der Waals surface area (Å²) in [5.41, 5.74) is 5.16. The highest BCUT2D eigenvalue weighted by Gasteiger charge is 2.35. The first-order chi connectivity index (χ1) is 12.7. The van der Waals surface area contributed by atoms with Gasteiger partial charge in [-0.2, -0.15) is 0 Å². The Morgan fingerprint density at radius 1 is 0.923 bits per heavy atom. The zero-order valence-electron chi connectivity index (χ0n) is 14.9. The summed E-state index contributed by atoms with van der Waals surface area (Å²) in [5, 5.41) is 2.64. The number of rotatable bonds is 2. The number of anilines is 2. The molecule has 4 heteroatoms. The fourth-order valence-electron chi connectivity index (χ4n) is 3.67. The molecular weight excluding hydrogens is 337 g/mol. The standard InChI is InChI=1S/C22H20N3P/c1-24(2)17-12-13-21-20(14-17)25-15-16-8-6-7-11-19(16)22(25)23-26(21)18-9-4-3-5-10-18/h3-14H,15H2,1-2H3. The average Bonchev–Trinajstić information content (AvgIpc) is 3.06. The van der Waals surface area contributed by atoms with Crippen molar-refractivity contribution in [3.05, 3.63) is 83.9 Å². The van der Waals surface area contributed by atoms with Crippen molar-refractivity contribution in [2.45, 2.75) is 6.54 Å². The van der Waals surface area contributed by atoms with E-state index < -0.39 is 8.07 Å². The fraction of sp³-hybridized carbons (Fsp3) is 0.136. The Bertz CT molecular complexity index is 1010. The van der Waals surface area contributed by atoms with Crippen LogP contribution in [0.5, 0.6) is 0 Å². The smallest absolute Gasteiger partial charge is 0.140 e. The molecule has 0 aliphatic carbocycles. The van der Waals surface area contributed by atoms with Crippen LogP contribution in [0.3, 0.4) is 0 Å². The van der Waals surface area contributed by atoms with Crippen LogP contribution < -0.4 is 20.4 Å². The Morgan fingerprint density at radius 2 is 1.69 bits per heavy atom. The summed E-state index contributed by atoms with van der Waals surface area (Å²) in [6.07, 6.45) is 0. The van der Waals surface area contributed by atoms with Crippen molar-refractivity contribution < 1.29 is 0 Å². The van der Waals surface area contributed by atoms with Crippen LogP contribution >= 0.6 is 8.07 Å². The molecule has 0 saturated carbocycles. The molecule has 3 aromatic rings. The average molecular weight is 357 g/mol. The second-order valence-electron chi connectivity index (χ2n) is 6.88. The van der Waals surface area contributed by atoms with E-state index in [1.54, 1.807) is 0 Å². The van der Waals surface area contributed by atoms with Crippen molar-refractivity contribution in [2.75, 3.05) is 23.9 Å². The van der Waals surface area contributed by atoms with Crippen LogP contribution in [0.15, 0.2) is 77.6 Å². The number of nitrogens with zero attached hydrogens (tertiary/aromatic N) is 3. The molecular formula is C22H20N3P. The first-order valence-electron chi connectivity index (χ1n) is 8.83. The maximum Gasteiger partial charge on any atom is 0.140 e. The van der Waals surface area contributed by atoms with Crippen molar-refractivity contribution in [1.29, 1.82) is 0 Å². The molecule has 3 aromatic carbocycles. The maximum absolute atomic E-state index is 5.27. The van der Waals surface area contributed by atoms with Crippen LogP contribution in [-0.4, -0.2) is 19.9 Å². The molecule has 0 spiro atoms. The summed E-state index contributed by atoms with van der Waals surface area (Å²) >= 11 is 0. The highest BCUT2D eigenvalue weighted by atomic mass is 31.1. The van der Waals surface area contributed by atoms with Crippen molar-refractivity contribution in [2.24, 2.45) is 4.76 Å². The van der Waals surface area contributed by atoms with E-state index in [4.69, 9.17) is 4.76 Å². The van der Waals surface area contributed by atoms with Crippen molar-refractivity contribution in [1.82, 2.24) is 0 Å². The van der Waals surface area contributed by atoms with E-state index in [1.807, 2.05) is 0 Å². The van der Waals surface area contributed by atoms with Gasteiger partial charge in [0.15, 0.2) is 0 Å². The molecule has 3 nitrogen and oxygen atoms in total. The predicted molar refractivity (Wildman–Crippen MR) is 113 cm³/mol. The van der Waals surface area contributed by atoms with Gasteiger partial charge in [-0.05, 0) is 23.8 Å². The molecule has 128 valence electrons.